The number of nitrogens with two attached hydrogens (primary N) is 1. The van der Waals surface area contributed by atoms with Crippen LogP contribution in [0.3, 0.4) is 0 Å². The van der Waals surface area contributed by atoms with Crippen LogP contribution in [0.25, 0.3) is 10.9 Å². The van der Waals surface area contributed by atoms with Gasteiger partial charge in [0, 0.05) is 43.4 Å². The first-order valence-electron chi connectivity index (χ1n) is 7.21. The minimum Gasteiger partial charge on any atom is -0.380 e. The number of benzene rings is 1. The number of rotatable bonds is 7. The summed E-state index contributed by atoms with van der Waals surface area (Å²) < 4.78 is 5.48. The van der Waals surface area contributed by atoms with Gasteiger partial charge in [0.25, 0.3) is 0 Å². The van der Waals surface area contributed by atoms with Crippen LogP contribution in [-0.4, -0.2) is 31.3 Å². The maximum Gasteiger partial charge on any atom is 0.0723 e. The Bertz CT molecular complexity index is 556. The maximum absolute atomic E-state index is 5.89. The predicted octanol–water partition coefficient (Wildman–Crippen LogP) is 2.56. The highest BCUT2D eigenvalue weighted by atomic mass is 16.5. The molecule has 0 unspecified atom stereocenters. The summed E-state index contributed by atoms with van der Waals surface area (Å²) in [6.07, 6.45) is 1.89. The van der Waals surface area contributed by atoms with Crippen molar-refractivity contribution in [3.63, 3.8) is 0 Å². The van der Waals surface area contributed by atoms with E-state index in [4.69, 9.17) is 10.5 Å². The fourth-order valence-electron chi connectivity index (χ4n) is 2.44. The van der Waals surface area contributed by atoms with Crippen LogP contribution in [0.15, 0.2) is 30.5 Å². The molecule has 0 aliphatic rings. The summed E-state index contributed by atoms with van der Waals surface area (Å²) in [4.78, 5) is 6.81. The third-order valence-electron chi connectivity index (χ3n) is 3.45. The Morgan fingerprint density at radius 2 is 2.05 bits per heavy atom. The van der Waals surface area contributed by atoms with E-state index in [-0.39, 0.29) is 0 Å². The third-order valence-corrected chi connectivity index (χ3v) is 3.45. The zero-order valence-corrected chi connectivity index (χ0v) is 12.3. The summed E-state index contributed by atoms with van der Waals surface area (Å²) in [5, 5.41) is 1.16. The second kappa shape index (κ2) is 7.22. The zero-order valence-electron chi connectivity index (χ0n) is 12.3. The van der Waals surface area contributed by atoms with Crippen molar-refractivity contribution < 1.29 is 4.74 Å². The number of fused-ring (bicyclic) bond motifs is 1. The Morgan fingerprint density at radius 1 is 1.25 bits per heavy atom. The largest absolute Gasteiger partial charge is 0.380 e. The van der Waals surface area contributed by atoms with Crippen molar-refractivity contribution in [2.24, 2.45) is 5.73 Å². The molecule has 108 valence electrons. The van der Waals surface area contributed by atoms with E-state index in [1.165, 1.54) is 5.69 Å². The van der Waals surface area contributed by atoms with E-state index >= 15 is 0 Å². The van der Waals surface area contributed by atoms with Crippen molar-refractivity contribution >= 4 is 16.6 Å². The average molecular weight is 273 g/mol. The van der Waals surface area contributed by atoms with Gasteiger partial charge >= 0.3 is 0 Å². The van der Waals surface area contributed by atoms with E-state index in [1.54, 1.807) is 0 Å². The lowest BCUT2D eigenvalue weighted by atomic mass is 10.1. The second-order valence-corrected chi connectivity index (χ2v) is 4.63. The number of pyridine rings is 1. The monoisotopic (exact) mass is 273 g/mol. The van der Waals surface area contributed by atoms with Crippen molar-refractivity contribution in [2.75, 3.05) is 31.2 Å². The molecule has 0 atom stereocenters. The number of ether oxygens (including phenoxy) is 1. The predicted molar refractivity (Wildman–Crippen MR) is 84.0 cm³/mol. The number of aromatic nitrogens is 1. The summed E-state index contributed by atoms with van der Waals surface area (Å²) in [7, 11) is 0. The highest BCUT2D eigenvalue weighted by molar-refractivity contribution is 5.93. The minimum absolute atomic E-state index is 0.498. The molecular weight excluding hydrogens is 250 g/mol. The van der Waals surface area contributed by atoms with Crippen molar-refractivity contribution in [1.29, 1.82) is 0 Å². The molecule has 0 amide bonds. The average Bonchev–Trinajstić information content (AvgIpc) is 2.51. The van der Waals surface area contributed by atoms with E-state index in [0.29, 0.717) is 6.54 Å². The third kappa shape index (κ3) is 3.08. The first-order chi connectivity index (χ1) is 9.81. The summed E-state index contributed by atoms with van der Waals surface area (Å²) in [6, 6.07) is 8.21. The van der Waals surface area contributed by atoms with Gasteiger partial charge in [0.2, 0.25) is 0 Å². The first kappa shape index (κ1) is 14.8. The minimum atomic E-state index is 0.498. The van der Waals surface area contributed by atoms with Gasteiger partial charge in [-0.15, -0.1) is 0 Å². The van der Waals surface area contributed by atoms with E-state index < -0.39 is 0 Å². The van der Waals surface area contributed by atoms with Crippen molar-refractivity contribution in [1.82, 2.24) is 4.98 Å². The quantitative estimate of drug-likeness (QED) is 0.788. The van der Waals surface area contributed by atoms with Crippen molar-refractivity contribution in [3.8, 4) is 0 Å². The summed E-state index contributed by atoms with van der Waals surface area (Å²) in [6.45, 7) is 7.94. The number of hydrogen-bond donors (Lipinski definition) is 1. The molecule has 0 fully saturated rings. The fourth-order valence-corrected chi connectivity index (χ4v) is 2.44. The van der Waals surface area contributed by atoms with Crippen LogP contribution in [-0.2, 0) is 11.3 Å². The van der Waals surface area contributed by atoms with Gasteiger partial charge in [-0.05, 0) is 19.9 Å². The number of hydrogen-bond acceptors (Lipinski definition) is 4. The van der Waals surface area contributed by atoms with Crippen LogP contribution in [0.4, 0.5) is 5.69 Å². The Balaban J connectivity index is 2.42. The molecule has 0 saturated heterocycles. The van der Waals surface area contributed by atoms with Gasteiger partial charge in [-0.3, -0.25) is 4.98 Å². The molecule has 20 heavy (non-hydrogen) atoms. The van der Waals surface area contributed by atoms with E-state index in [2.05, 4.69) is 22.9 Å². The highest BCUT2D eigenvalue weighted by Gasteiger charge is 2.13. The second-order valence-electron chi connectivity index (χ2n) is 4.63. The van der Waals surface area contributed by atoms with Gasteiger partial charge < -0.3 is 15.4 Å². The topological polar surface area (TPSA) is 51.4 Å². The lowest BCUT2D eigenvalue weighted by Gasteiger charge is -2.26. The van der Waals surface area contributed by atoms with Crippen molar-refractivity contribution in [3.05, 3.63) is 36.0 Å². The lowest BCUT2D eigenvalue weighted by Crippen LogP contribution is -2.29. The molecule has 2 N–H and O–H groups in total. The van der Waals surface area contributed by atoms with Gasteiger partial charge in [0.05, 0.1) is 17.8 Å². The molecule has 0 bridgehead atoms. The first-order valence-corrected chi connectivity index (χ1v) is 7.21. The molecular formula is C16H23N3O. The number of para-hydroxylation sites is 1. The molecule has 0 radical (unpaired) electrons. The molecule has 1 aromatic heterocycles. The zero-order chi connectivity index (χ0) is 14.4. The molecule has 1 heterocycles. The molecule has 2 rings (SSSR count). The Kier molecular flexibility index (Phi) is 5.32. The summed E-state index contributed by atoms with van der Waals surface area (Å²) >= 11 is 0. The summed E-state index contributed by atoms with van der Waals surface area (Å²) in [5.74, 6) is 0. The molecule has 4 heteroatoms. The Morgan fingerprint density at radius 3 is 2.75 bits per heavy atom. The molecule has 2 aromatic rings. The van der Waals surface area contributed by atoms with Crippen LogP contribution in [0.1, 0.15) is 19.4 Å². The Labute approximate surface area is 120 Å². The van der Waals surface area contributed by atoms with Crippen LogP contribution >= 0.6 is 0 Å². The highest BCUT2D eigenvalue weighted by Crippen LogP contribution is 2.29. The van der Waals surface area contributed by atoms with E-state index in [0.717, 1.165) is 42.8 Å². The molecule has 1 aromatic carbocycles. The van der Waals surface area contributed by atoms with E-state index in [1.807, 2.05) is 31.3 Å². The van der Waals surface area contributed by atoms with Crippen LogP contribution < -0.4 is 10.6 Å². The van der Waals surface area contributed by atoms with Gasteiger partial charge in [-0.2, -0.15) is 0 Å². The standard InChI is InChI=1S/C16H23N3O/c1-3-19(9-10-20-4-2)16-13(11-17)12-18-15-8-6-5-7-14(15)16/h5-8,12H,3-4,9-11,17H2,1-2H3. The van der Waals surface area contributed by atoms with Gasteiger partial charge in [0.15, 0.2) is 0 Å². The van der Waals surface area contributed by atoms with Crippen LogP contribution in [0.2, 0.25) is 0 Å². The van der Waals surface area contributed by atoms with Crippen LogP contribution in [0, 0.1) is 0 Å². The molecule has 4 nitrogen and oxygen atoms in total. The number of anilines is 1. The van der Waals surface area contributed by atoms with Gasteiger partial charge in [-0.1, -0.05) is 18.2 Å². The smallest absolute Gasteiger partial charge is 0.0723 e. The normalized spacial score (nSPS) is 10.9. The van der Waals surface area contributed by atoms with Crippen LogP contribution in [0.5, 0.6) is 0 Å². The number of likely N-dealkylation sites (N-methyl/N-ethyl adjacent to an activating group) is 1. The maximum atomic E-state index is 5.89. The van der Waals surface area contributed by atoms with Gasteiger partial charge in [-0.25, -0.2) is 0 Å². The number of nitrogens with zero attached hydrogens (tertiary/aromatic N) is 2. The van der Waals surface area contributed by atoms with E-state index in [9.17, 15) is 0 Å². The van der Waals surface area contributed by atoms with Gasteiger partial charge in [0.1, 0.15) is 0 Å². The molecule has 0 aliphatic carbocycles. The molecule has 0 saturated carbocycles. The SMILES string of the molecule is CCOCCN(CC)c1c(CN)cnc2ccccc12. The lowest BCUT2D eigenvalue weighted by molar-refractivity contribution is 0.154. The molecule has 0 spiro atoms. The molecule has 0 aliphatic heterocycles. The Hall–Kier alpha value is -1.65. The summed E-state index contributed by atoms with van der Waals surface area (Å²) in [5.41, 5.74) is 9.18. The fraction of sp³-hybridized carbons (Fsp3) is 0.438. The van der Waals surface area contributed by atoms with Crippen molar-refractivity contribution in [2.45, 2.75) is 20.4 Å².